The highest BCUT2D eigenvalue weighted by Crippen LogP contribution is 2.31. The molecule has 1 saturated heterocycles. The van der Waals surface area contributed by atoms with Gasteiger partial charge in [0.25, 0.3) is 0 Å². The molecule has 0 saturated carbocycles. The Morgan fingerprint density at radius 1 is 1.33 bits per heavy atom. The first-order chi connectivity index (χ1) is 10.0. The van der Waals surface area contributed by atoms with E-state index in [0.29, 0.717) is 35.5 Å². The first kappa shape index (κ1) is 15.6. The van der Waals surface area contributed by atoms with Crippen molar-refractivity contribution < 1.29 is 14.7 Å². The van der Waals surface area contributed by atoms with E-state index in [4.69, 9.17) is 16.7 Å². The number of carbonyl (C=O) groups is 2. The molecule has 110 valence electrons. The van der Waals surface area contributed by atoms with Gasteiger partial charge in [-0.2, -0.15) is 0 Å². The van der Waals surface area contributed by atoms with Gasteiger partial charge in [-0.05, 0) is 24.1 Å². The average molecular weight is 306 g/mol. The zero-order valence-electron chi connectivity index (χ0n) is 11.7. The smallest absolute Gasteiger partial charge is 0.234 e. The number of rotatable bonds is 2. The third kappa shape index (κ3) is 3.63. The zero-order valence-corrected chi connectivity index (χ0v) is 12.5. The number of hydrogen-bond donors (Lipinski definition) is 1. The van der Waals surface area contributed by atoms with Crippen molar-refractivity contribution >= 4 is 29.1 Å². The van der Waals surface area contributed by atoms with Gasteiger partial charge in [0, 0.05) is 24.8 Å². The topological polar surface area (TPSA) is 57.6 Å². The molecule has 1 aliphatic heterocycles. The predicted molar refractivity (Wildman–Crippen MR) is 80.9 cm³/mol. The van der Waals surface area contributed by atoms with Crippen LogP contribution in [0.15, 0.2) is 18.2 Å². The molecule has 1 aromatic rings. The second-order valence-corrected chi connectivity index (χ2v) is 5.49. The van der Waals surface area contributed by atoms with Crippen molar-refractivity contribution in [2.45, 2.75) is 26.2 Å². The minimum absolute atomic E-state index is 0.00552. The summed E-state index contributed by atoms with van der Waals surface area (Å²) in [6.45, 7) is 1.87. The van der Waals surface area contributed by atoms with Gasteiger partial charge in [-0.3, -0.25) is 9.59 Å². The van der Waals surface area contributed by atoms with Crippen LogP contribution in [-0.2, 0) is 9.59 Å². The normalized spacial score (nSPS) is 15.9. The van der Waals surface area contributed by atoms with E-state index >= 15 is 0 Å². The van der Waals surface area contributed by atoms with Gasteiger partial charge in [0.1, 0.15) is 0 Å². The highest BCUT2D eigenvalue weighted by molar-refractivity contribution is 6.35. The number of hydrogen-bond acceptors (Lipinski definition) is 3. The Morgan fingerprint density at radius 3 is 2.62 bits per heavy atom. The van der Waals surface area contributed by atoms with E-state index in [1.54, 1.807) is 18.2 Å². The molecule has 2 amide bonds. The molecule has 2 rings (SSSR count). The van der Waals surface area contributed by atoms with E-state index in [9.17, 15) is 9.59 Å². The first-order valence-electron chi connectivity index (χ1n) is 6.78. The van der Waals surface area contributed by atoms with Crippen molar-refractivity contribution in [3.8, 4) is 11.8 Å². The quantitative estimate of drug-likeness (QED) is 0.674. The van der Waals surface area contributed by atoms with Crippen molar-refractivity contribution in [3.63, 3.8) is 0 Å². The van der Waals surface area contributed by atoms with Crippen molar-refractivity contribution in [1.82, 2.24) is 0 Å². The minimum Gasteiger partial charge on any atom is -0.395 e. The second kappa shape index (κ2) is 6.75. The number of benzene rings is 1. The van der Waals surface area contributed by atoms with Crippen molar-refractivity contribution in [2.24, 2.45) is 5.92 Å². The number of aliphatic hydroxyl groups excluding tert-OH is 1. The van der Waals surface area contributed by atoms with Crippen LogP contribution in [0.3, 0.4) is 0 Å². The Labute approximate surface area is 128 Å². The van der Waals surface area contributed by atoms with E-state index in [-0.39, 0.29) is 24.3 Å². The van der Waals surface area contributed by atoms with E-state index in [0.717, 1.165) is 4.90 Å². The van der Waals surface area contributed by atoms with Crippen LogP contribution < -0.4 is 4.90 Å². The molecule has 1 fully saturated rings. The molecule has 0 bridgehead atoms. The highest BCUT2D eigenvalue weighted by atomic mass is 35.5. The molecule has 0 radical (unpaired) electrons. The summed E-state index contributed by atoms with van der Waals surface area (Å²) in [7, 11) is 0. The maximum atomic E-state index is 12.1. The van der Waals surface area contributed by atoms with E-state index in [2.05, 4.69) is 11.8 Å². The van der Waals surface area contributed by atoms with Gasteiger partial charge in [0.05, 0.1) is 17.3 Å². The lowest BCUT2D eigenvalue weighted by Gasteiger charge is -2.29. The first-order valence-corrected chi connectivity index (χ1v) is 7.15. The Morgan fingerprint density at radius 2 is 2.00 bits per heavy atom. The lowest BCUT2D eigenvalue weighted by Crippen LogP contribution is -2.43. The molecule has 0 atom stereocenters. The largest absolute Gasteiger partial charge is 0.395 e. The highest BCUT2D eigenvalue weighted by Gasteiger charge is 2.32. The van der Waals surface area contributed by atoms with Crippen molar-refractivity contribution in [3.05, 3.63) is 28.8 Å². The van der Waals surface area contributed by atoms with Gasteiger partial charge in [0.2, 0.25) is 11.8 Å². The fraction of sp³-hybridized carbons (Fsp3) is 0.375. The zero-order chi connectivity index (χ0) is 15.4. The van der Waals surface area contributed by atoms with Gasteiger partial charge < -0.3 is 5.11 Å². The summed E-state index contributed by atoms with van der Waals surface area (Å²) in [5, 5.41) is 9.07. The lowest BCUT2D eigenvalue weighted by molar-refractivity contribution is -0.130. The van der Waals surface area contributed by atoms with E-state index < -0.39 is 0 Å². The van der Waals surface area contributed by atoms with Crippen LogP contribution in [0.4, 0.5) is 5.69 Å². The number of carbonyl (C=O) groups excluding carboxylic acids is 2. The van der Waals surface area contributed by atoms with Crippen LogP contribution >= 0.6 is 11.6 Å². The van der Waals surface area contributed by atoms with Gasteiger partial charge >= 0.3 is 0 Å². The summed E-state index contributed by atoms with van der Waals surface area (Å²) in [6.07, 6.45) is 1.04. The van der Waals surface area contributed by atoms with Gasteiger partial charge in [-0.25, -0.2) is 4.90 Å². The molecule has 1 aliphatic rings. The minimum atomic E-state index is -0.235. The number of imide groups is 1. The van der Waals surface area contributed by atoms with Gasteiger partial charge in [-0.15, -0.1) is 0 Å². The van der Waals surface area contributed by atoms with Gasteiger partial charge in [-0.1, -0.05) is 30.4 Å². The standard InChI is InChI=1S/C16H16ClNO3/c1-11-8-15(20)18(16(21)9-11)14-10-12(4-2-3-7-19)5-6-13(14)17/h5-6,10-11,19H,3,7-9H2,1H3. The fourth-order valence-corrected chi connectivity index (χ4v) is 2.44. The molecule has 0 spiro atoms. The number of anilines is 1. The van der Waals surface area contributed by atoms with Crippen LogP contribution in [0.1, 0.15) is 31.7 Å². The number of amides is 2. The number of nitrogens with zero attached hydrogens (tertiary/aromatic N) is 1. The van der Waals surface area contributed by atoms with E-state index in [1.807, 2.05) is 6.92 Å². The predicted octanol–water partition coefficient (Wildman–Crippen LogP) is 2.36. The van der Waals surface area contributed by atoms with Crippen molar-refractivity contribution in [1.29, 1.82) is 0 Å². The summed E-state index contributed by atoms with van der Waals surface area (Å²) in [4.78, 5) is 25.4. The molecule has 1 heterocycles. The Hall–Kier alpha value is -1.83. The van der Waals surface area contributed by atoms with E-state index in [1.165, 1.54) is 0 Å². The summed E-state index contributed by atoms with van der Waals surface area (Å²) in [5.41, 5.74) is 1.04. The van der Waals surface area contributed by atoms with Crippen LogP contribution in [0.5, 0.6) is 0 Å². The third-order valence-corrected chi connectivity index (χ3v) is 3.52. The summed E-state index contributed by atoms with van der Waals surface area (Å²) >= 11 is 6.12. The second-order valence-electron chi connectivity index (χ2n) is 5.08. The fourth-order valence-electron chi connectivity index (χ4n) is 2.24. The molecule has 1 aromatic carbocycles. The Balaban J connectivity index is 2.35. The number of halogens is 1. The summed E-state index contributed by atoms with van der Waals surface area (Å²) in [5.74, 6) is 5.26. The molecular formula is C16H16ClNO3. The molecule has 0 unspecified atom stereocenters. The molecule has 0 aromatic heterocycles. The number of aliphatic hydroxyl groups is 1. The average Bonchev–Trinajstić information content (AvgIpc) is 2.41. The summed E-state index contributed by atoms with van der Waals surface area (Å²) < 4.78 is 0. The van der Waals surface area contributed by atoms with Gasteiger partial charge in [0.15, 0.2) is 0 Å². The molecular weight excluding hydrogens is 290 g/mol. The summed E-state index contributed by atoms with van der Waals surface area (Å²) in [6, 6.07) is 4.98. The molecule has 4 nitrogen and oxygen atoms in total. The van der Waals surface area contributed by atoms with Crippen LogP contribution in [0, 0.1) is 17.8 Å². The maximum absolute atomic E-state index is 12.1. The molecule has 1 N–H and O–H groups in total. The monoisotopic (exact) mass is 305 g/mol. The number of piperidine rings is 1. The molecule has 0 aliphatic carbocycles. The Bertz CT molecular complexity index is 612. The Kier molecular flexibility index (Phi) is 5.00. The third-order valence-electron chi connectivity index (χ3n) is 3.20. The molecule has 21 heavy (non-hydrogen) atoms. The maximum Gasteiger partial charge on any atom is 0.234 e. The lowest BCUT2D eigenvalue weighted by atomic mass is 9.97. The van der Waals surface area contributed by atoms with Crippen LogP contribution in [0.2, 0.25) is 5.02 Å². The van der Waals surface area contributed by atoms with Crippen LogP contribution in [0.25, 0.3) is 0 Å². The van der Waals surface area contributed by atoms with Crippen LogP contribution in [-0.4, -0.2) is 23.5 Å². The molecule has 5 heteroatoms. The van der Waals surface area contributed by atoms with Crippen molar-refractivity contribution in [2.75, 3.05) is 11.5 Å². The SMILES string of the molecule is CC1CC(=O)N(c2cc(C#CCCO)ccc2Cl)C(=O)C1.